The van der Waals surface area contributed by atoms with Gasteiger partial charge in [-0.15, -0.1) is 10.2 Å². The van der Waals surface area contributed by atoms with Crippen molar-refractivity contribution in [2.45, 2.75) is 45.6 Å². The Morgan fingerprint density at radius 2 is 1.86 bits per heavy atom. The quantitative estimate of drug-likeness (QED) is 0.628. The van der Waals surface area contributed by atoms with E-state index in [2.05, 4.69) is 20.2 Å². The Bertz CT molecular complexity index is 954. The Morgan fingerprint density at radius 1 is 1.11 bits per heavy atom. The van der Waals surface area contributed by atoms with E-state index in [4.69, 9.17) is 9.47 Å². The molecule has 0 aliphatic heterocycles. The van der Waals surface area contributed by atoms with Gasteiger partial charge < -0.3 is 9.47 Å². The summed E-state index contributed by atoms with van der Waals surface area (Å²) < 4.78 is 51.2. The molecule has 0 saturated heterocycles. The number of ether oxygens (including phenoxy) is 2. The molecule has 150 valence electrons. The average molecular weight is 395 g/mol. The second kappa shape index (κ2) is 7.34. The summed E-state index contributed by atoms with van der Waals surface area (Å²) in [5.41, 5.74) is -0.606. The number of pyridine rings is 1. The SMILES string of the molecule is CCO[C@@H](C)c1nnc2cnc(-c3ccc(OC(C)(C)C(F)(F)F)nc3)cn12. The number of aromatic nitrogens is 5. The topological polar surface area (TPSA) is 74.4 Å². The molecule has 3 aromatic heterocycles. The van der Waals surface area contributed by atoms with Gasteiger partial charge in [0.05, 0.1) is 11.9 Å². The fraction of sp³-hybridized carbons (Fsp3) is 0.444. The van der Waals surface area contributed by atoms with Gasteiger partial charge in [0.25, 0.3) is 0 Å². The van der Waals surface area contributed by atoms with Crippen LogP contribution in [0.25, 0.3) is 16.9 Å². The van der Waals surface area contributed by atoms with Gasteiger partial charge in [-0.1, -0.05) is 0 Å². The Balaban J connectivity index is 1.87. The first-order valence-corrected chi connectivity index (χ1v) is 8.67. The molecule has 0 aliphatic rings. The Morgan fingerprint density at radius 3 is 2.46 bits per heavy atom. The van der Waals surface area contributed by atoms with E-state index in [1.54, 1.807) is 22.9 Å². The minimum absolute atomic E-state index is 0.123. The molecule has 0 fully saturated rings. The van der Waals surface area contributed by atoms with Crippen LogP contribution in [0.2, 0.25) is 0 Å². The summed E-state index contributed by atoms with van der Waals surface area (Å²) in [4.78, 5) is 8.30. The number of rotatable bonds is 6. The second-order valence-electron chi connectivity index (χ2n) is 6.65. The van der Waals surface area contributed by atoms with Crippen molar-refractivity contribution in [3.05, 3.63) is 36.5 Å². The molecular formula is C18H20F3N5O2. The minimum Gasteiger partial charge on any atom is -0.462 e. The van der Waals surface area contributed by atoms with Crippen LogP contribution in [0.15, 0.2) is 30.7 Å². The highest BCUT2D eigenvalue weighted by Crippen LogP contribution is 2.33. The Hall–Kier alpha value is -2.75. The third-order valence-electron chi connectivity index (χ3n) is 4.17. The highest BCUT2D eigenvalue weighted by Gasteiger charge is 2.50. The largest absolute Gasteiger partial charge is 0.462 e. The smallest absolute Gasteiger partial charge is 0.427 e. The lowest BCUT2D eigenvalue weighted by molar-refractivity contribution is -0.235. The fourth-order valence-electron chi connectivity index (χ4n) is 2.48. The van der Waals surface area contributed by atoms with E-state index in [1.165, 1.54) is 12.3 Å². The monoisotopic (exact) mass is 395 g/mol. The zero-order valence-electron chi connectivity index (χ0n) is 15.9. The number of hydrogen-bond donors (Lipinski definition) is 0. The molecule has 0 unspecified atom stereocenters. The molecule has 3 aromatic rings. The summed E-state index contributed by atoms with van der Waals surface area (Å²) in [6.45, 7) is 6.20. The van der Waals surface area contributed by atoms with E-state index in [9.17, 15) is 13.2 Å². The molecule has 0 aliphatic carbocycles. The summed E-state index contributed by atoms with van der Waals surface area (Å²) in [6.07, 6.45) is -0.0683. The van der Waals surface area contributed by atoms with Gasteiger partial charge >= 0.3 is 6.18 Å². The Labute approximate surface area is 159 Å². The van der Waals surface area contributed by atoms with Gasteiger partial charge in [-0.25, -0.2) is 4.98 Å². The van der Waals surface area contributed by atoms with Gasteiger partial charge in [-0.2, -0.15) is 13.2 Å². The van der Waals surface area contributed by atoms with Crippen molar-refractivity contribution in [1.82, 2.24) is 24.6 Å². The highest BCUT2D eigenvalue weighted by molar-refractivity contribution is 5.59. The zero-order valence-corrected chi connectivity index (χ0v) is 15.9. The Kier molecular flexibility index (Phi) is 5.24. The molecular weight excluding hydrogens is 375 g/mol. The van der Waals surface area contributed by atoms with Gasteiger partial charge in [0.1, 0.15) is 6.10 Å². The van der Waals surface area contributed by atoms with Gasteiger partial charge in [-0.3, -0.25) is 9.38 Å². The predicted octanol–water partition coefficient (Wildman–Crippen LogP) is 4.00. The predicted molar refractivity (Wildman–Crippen MR) is 94.8 cm³/mol. The first kappa shape index (κ1) is 20.0. The van der Waals surface area contributed by atoms with Crippen molar-refractivity contribution in [1.29, 1.82) is 0 Å². The fourth-order valence-corrected chi connectivity index (χ4v) is 2.48. The summed E-state index contributed by atoms with van der Waals surface area (Å²) >= 11 is 0. The van der Waals surface area contributed by atoms with E-state index in [0.29, 0.717) is 29.3 Å². The summed E-state index contributed by atoms with van der Waals surface area (Å²) in [5.74, 6) is 0.502. The molecule has 0 N–H and O–H groups in total. The molecule has 0 radical (unpaired) electrons. The van der Waals surface area contributed by atoms with Crippen LogP contribution in [0.5, 0.6) is 5.88 Å². The molecule has 0 bridgehead atoms. The maximum Gasteiger partial charge on any atom is 0.427 e. The van der Waals surface area contributed by atoms with Crippen LogP contribution in [0, 0.1) is 0 Å². The maximum atomic E-state index is 13.0. The summed E-state index contributed by atoms with van der Waals surface area (Å²) in [6, 6.07) is 2.98. The molecule has 0 aromatic carbocycles. The minimum atomic E-state index is -4.51. The molecule has 0 saturated carbocycles. The van der Waals surface area contributed by atoms with Gasteiger partial charge in [0.2, 0.25) is 5.88 Å². The van der Waals surface area contributed by atoms with Crippen LogP contribution in [0.4, 0.5) is 13.2 Å². The number of nitrogens with zero attached hydrogens (tertiary/aromatic N) is 5. The molecule has 10 heteroatoms. The zero-order chi connectivity index (χ0) is 20.5. The average Bonchev–Trinajstić information content (AvgIpc) is 3.04. The van der Waals surface area contributed by atoms with Crippen molar-refractivity contribution in [3.63, 3.8) is 0 Å². The molecule has 0 spiro atoms. The van der Waals surface area contributed by atoms with Crippen molar-refractivity contribution < 1.29 is 22.6 Å². The molecule has 0 amide bonds. The van der Waals surface area contributed by atoms with E-state index in [0.717, 1.165) is 13.8 Å². The number of alkyl halides is 3. The van der Waals surface area contributed by atoms with E-state index in [1.807, 2.05) is 13.8 Å². The molecule has 7 nitrogen and oxygen atoms in total. The van der Waals surface area contributed by atoms with Gasteiger partial charge in [-0.05, 0) is 33.8 Å². The lowest BCUT2D eigenvalue weighted by Crippen LogP contribution is -2.44. The van der Waals surface area contributed by atoms with E-state index in [-0.39, 0.29) is 12.0 Å². The van der Waals surface area contributed by atoms with Gasteiger partial charge in [0, 0.05) is 30.6 Å². The standard InChI is InChI=1S/C18H20F3N5O2/c1-5-27-11(2)16-25-24-14-9-22-13(10-26(14)16)12-6-7-15(23-8-12)28-17(3,4)18(19,20)21/h6-11H,5H2,1-4H3/t11-/m0/s1. The molecule has 1 atom stereocenters. The van der Waals surface area contributed by atoms with E-state index < -0.39 is 11.8 Å². The van der Waals surface area contributed by atoms with Crippen LogP contribution in [0.3, 0.4) is 0 Å². The van der Waals surface area contributed by atoms with Crippen LogP contribution < -0.4 is 4.74 Å². The first-order chi connectivity index (χ1) is 13.1. The number of fused-ring (bicyclic) bond motifs is 1. The maximum absolute atomic E-state index is 13.0. The first-order valence-electron chi connectivity index (χ1n) is 8.67. The van der Waals surface area contributed by atoms with Crippen molar-refractivity contribution >= 4 is 5.65 Å². The second-order valence-corrected chi connectivity index (χ2v) is 6.65. The lowest BCUT2D eigenvalue weighted by Gasteiger charge is -2.28. The third-order valence-corrected chi connectivity index (χ3v) is 4.17. The molecule has 28 heavy (non-hydrogen) atoms. The molecule has 3 rings (SSSR count). The van der Waals surface area contributed by atoms with Crippen LogP contribution in [-0.4, -0.2) is 43.0 Å². The number of hydrogen-bond acceptors (Lipinski definition) is 6. The van der Waals surface area contributed by atoms with Crippen molar-refractivity contribution in [3.8, 4) is 17.1 Å². The highest BCUT2D eigenvalue weighted by atomic mass is 19.4. The van der Waals surface area contributed by atoms with Crippen LogP contribution in [-0.2, 0) is 4.74 Å². The molecule has 3 heterocycles. The number of halogens is 3. The van der Waals surface area contributed by atoms with E-state index >= 15 is 0 Å². The lowest BCUT2D eigenvalue weighted by atomic mass is 10.1. The normalized spacial score (nSPS) is 13.7. The van der Waals surface area contributed by atoms with Crippen molar-refractivity contribution in [2.75, 3.05) is 6.61 Å². The van der Waals surface area contributed by atoms with Crippen LogP contribution >= 0.6 is 0 Å². The summed E-state index contributed by atoms with van der Waals surface area (Å²) in [5, 5.41) is 8.19. The third kappa shape index (κ3) is 3.91. The van der Waals surface area contributed by atoms with Crippen molar-refractivity contribution in [2.24, 2.45) is 0 Å². The van der Waals surface area contributed by atoms with Crippen LogP contribution in [0.1, 0.15) is 39.6 Å². The van der Waals surface area contributed by atoms with Gasteiger partial charge in [0.15, 0.2) is 17.1 Å². The summed E-state index contributed by atoms with van der Waals surface area (Å²) in [7, 11) is 0.